The average molecular weight is 357 g/mol. The Balaban J connectivity index is 1.70. The van der Waals surface area contributed by atoms with Gasteiger partial charge in [-0.05, 0) is 12.0 Å². The summed E-state index contributed by atoms with van der Waals surface area (Å²) < 4.78 is 5.09. The van der Waals surface area contributed by atoms with Crippen LogP contribution in [-0.4, -0.2) is 50.9 Å². The number of carbonyl (C=O) groups is 2. The van der Waals surface area contributed by atoms with E-state index < -0.39 is 5.91 Å². The molecule has 0 radical (unpaired) electrons. The number of hydrogen-bond donors (Lipinski definition) is 1. The fourth-order valence-electron chi connectivity index (χ4n) is 3.19. The molecule has 1 aliphatic rings. The van der Waals surface area contributed by atoms with Crippen LogP contribution in [0.5, 0.6) is 0 Å². The lowest BCUT2D eigenvalue weighted by Crippen LogP contribution is -2.42. The normalized spacial score (nSPS) is 18.7. The summed E-state index contributed by atoms with van der Waals surface area (Å²) >= 11 is 0. The monoisotopic (exact) mass is 357 g/mol. The molecule has 0 bridgehead atoms. The highest BCUT2D eigenvalue weighted by Gasteiger charge is 2.29. The van der Waals surface area contributed by atoms with E-state index >= 15 is 0 Å². The zero-order valence-corrected chi connectivity index (χ0v) is 14.8. The molecule has 1 aromatic heterocycles. The van der Waals surface area contributed by atoms with Gasteiger partial charge >= 0.3 is 0 Å². The first-order chi connectivity index (χ1) is 12.6. The largest absolute Gasteiger partial charge is 0.363 e. The van der Waals surface area contributed by atoms with Crippen LogP contribution in [0.25, 0.3) is 0 Å². The van der Waals surface area contributed by atoms with Gasteiger partial charge in [0.15, 0.2) is 0 Å². The number of rotatable bonds is 6. The van der Waals surface area contributed by atoms with Crippen LogP contribution in [0.15, 0.2) is 34.9 Å². The predicted octanol–water partition coefficient (Wildman–Crippen LogP) is 1.18. The molecule has 2 amide bonds. The van der Waals surface area contributed by atoms with Crippen molar-refractivity contribution in [2.45, 2.75) is 38.9 Å². The van der Waals surface area contributed by atoms with E-state index in [0.29, 0.717) is 38.5 Å². The van der Waals surface area contributed by atoms with E-state index in [2.05, 4.69) is 22.0 Å². The maximum atomic E-state index is 12.7. The minimum absolute atomic E-state index is 0.101. The molecule has 0 spiro atoms. The van der Waals surface area contributed by atoms with E-state index in [1.807, 2.05) is 35.2 Å². The number of primary amides is 1. The number of carbonyl (C=O) groups excluding carboxylic acids is 2. The molecule has 8 heteroatoms. The third kappa shape index (κ3) is 4.26. The molecule has 1 fully saturated rings. The molecule has 2 aromatic rings. The van der Waals surface area contributed by atoms with Crippen LogP contribution in [0.4, 0.5) is 0 Å². The third-order valence-corrected chi connectivity index (χ3v) is 4.59. The van der Waals surface area contributed by atoms with Crippen molar-refractivity contribution < 1.29 is 14.1 Å². The number of aromatic nitrogens is 2. The Hall–Kier alpha value is -2.74. The second kappa shape index (κ2) is 8.09. The molecule has 138 valence electrons. The van der Waals surface area contributed by atoms with E-state index in [0.717, 1.165) is 12.0 Å². The molecule has 3 rings (SSSR count). The van der Waals surface area contributed by atoms with Gasteiger partial charge in [-0.2, -0.15) is 4.98 Å². The summed E-state index contributed by atoms with van der Waals surface area (Å²) in [7, 11) is 0. The summed E-state index contributed by atoms with van der Waals surface area (Å²) in [6.07, 6.45) is 1.28. The molecule has 2 heterocycles. The molecular weight excluding hydrogens is 334 g/mol. The molecular formula is C18H23N5O3. The Labute approximate surface area is 151 Å². The Morgan fingerprint density at radius 2 is 2.08 bits per heavy atom. The van der Waals surface area contributed by atoms with Crippen molar-refractivity contribution in [1.29, 1.82) is 0 Å². The molecule has 8 nitrogen and oxygen atoms in total. The van der Waals surface area contributed by atoms with Crippen molar-refractivity contribution in [1.82, 2.24) is 19.9 Å². The van der Waals surface area contributed by atoms with Crippen molar-refractivity contribution in [2.24, 2.45) is 5.73 Å². The lowest BCUT2D eigenvalue weighted by molar-refractivity contribution is -0.133. The van der Waals surface area contributed by atoms with Crippen molar-refractivity contribution in [3.8, 4) is 0 Å². The summed E-state index contributed by atoms with van der Waals surface area (Å²) in [4.78, 5) is 31.8. The SMILES string of the molecule is CC[C@H]1CN(Cc2nc(C(N)=O)no2)CCC(=O)N1Cc1ccccc1. The maximum Gasteiger partial charge on any atom is 0.290 e. The molecule has 1 aromatic carbocycles. The molecule has 0 unspecified atom stereocenters. The Morgan fingerprint density at radius 1 is 1.31 bits per heavy atom. The van der Waals surface area contributed by atoms with E-state index in [4.69, 9.17) is 10.3 Å². The highest BCUT2D eigenvalue weighted by molar-refractivity contribution is 5.88. The second-order valence-electron chi connectivity index (χ2n) is 6.43. The second-order valence-corrected chi connectivity index (χ2v) is 6.43. The van der Waals surface area contributed by atoms with Gasteiger partial charge in [-0.1, -0.05) is 42.4 Å². The first-order valence-corrected chi connectivity index (χ1v) is 8.75. The number of amides is 2. The smallest absolute Gasteiger partial charge is 0.290 e. The van der Waals surface area contributed by atoms with Gasteiger partial charge in [0.2, 0.25) is 11.8 Å². The average Bonchev–Trinajstić information content (AvgIpc) is 3.06. The van der Waals surface area contributed by atoms with Gasteiger partial charge in [-0.3, -0.25) is 14.5 Å². The number of hydrogen-bond acceptors (Lipinski definition) is 6. The van der Waals surface area contributed by atoms with E-state index in [1.165, 1.54) is 0 Å². The summed E-state index contributed by atoms with van der Waals surface area (Å²) in [5.41, 5.74) is 6.27. The predicted molar refractivity (Wildman–Crippen MR) is 93.8 cm³/mol. The van der Waals surface area contributed by atoms with Crippen molar-refractivity contribution >= 4 is 11.8 Å². The van der Waals surface area contributed by atoms with Crippen LogP contribution in [0.1, 0.15) is 41.8 Å². The van der Waals surface area contributed by atoms with Crippen molar-refractivity contribution in [2.75, 3.05) is 13.1 Å². The first-order valence-electron chi connectivity index (χ1n) is 8.75. The summed E-state index contributed by atoms with van der Waals surface area (Å²) in [6.45, 7) is 4.40. The molecule has 2 N–H and O–H groups in total. The molecule has 0 aliphatic carbocycles. The molecule has 1 aliphatic heterocycles. The molecule has 0 saturated carbocycles. The summed E-state index contributed by atoms with van der Waals surface area (Å²) in [5.74, 6) is -0.362. The number of nitrogens with zero attached hydrogens (tertiary/aromatic N) is 4. The highest BCUT2D eigenvalue weighted by Crippen LogP contribution is 2.19. The van der Waals surface area contributed by atoms with Gasteiger partial charge in [-0.15, -0.1) is 0 Å². The van der Waals surface area contributed by atoms with Gasteiger partial charge in [0.1, 0.15) is 0 Å². The van der Waals surface area contributed by atoms with Crippen LogP contribution in [0.2, 0.25) is 0 Å². The molecule has 26 heavy (non-hydrogen) atoms. The maximum absolute atomic E-state index is 12.7. The zero-order chi connectivity index (χ0) is 18.5. The highest BCUT2D eigenvalue weighted by atomic mass is 16.5. The van der Waals surface area contributed by atoms with Crippen LogP contribution in [0.3, 0.4) is 0 Å². The fraction of sp³-hybridized carbons (Fsp3) is 0.444. The molecule has 1 atom stereocenters. The van der Waals surface area contributed by atoms with Gasteiger partial charge in [-0.25, -0.2) is 0 Å². The lowest BCUT2D eigenvalue weighted by atomic mass is 10.1. The van der Waals surface area contributed by atoms with Gasteiger partial charge in [0.05, 0.1) is 6.54 Å². The Bertz CT molecular complexity index is 761. The number of benzene rings is 1. The Morgan fingerprint density at radius 3 is 2.73 bits per heavy atom. The van der Waals surface area contributed by atoms with Crippen molar-refractivity contribution in [3.63, 3.8) is 0 Å². The zero-order valence-electron chi connectivity index (χ0n) is 14.8. The molecule has 1 saturated heterocycles. The van der Waals surface area contributed by atoms with Crippen LogP contribution < -0.4 is 5.73 Å². The third-order valence-electron chi connectivity index (χ3n) is 4.59. The van der Waals surface area contributed by atoms with Gasteiger partial charge < -0.3 is 15.2 Å². The van der Waals surface area contributed by atoms with Gasteiger partial charge in [0.25, 0.3) is 11.7 Å². The lowest BCUT2D eigenvalue weighted by Gasteiger charge is -2.31. The van der Waals surface area contributed by atoms with Crippen LogP contribution in [0, 0.1) is 0 Å². The van der Waals surface area contributed by atoms with Crippen LogP contribution >= 0.6 is 0 Å². The Kier molecular flexibility index (Phi) is 5.62. The quantitative estimate of drug-likeness (QED) is 0.832. The van der Waals surface area contributed by atoms with E-state index in [-0.39, 0.29) is 17.8 Å². The minimum Gasteiger partial charge on any atom is -0.363 e. The summed E-state index contributed by atoms with van der Waals surface area (Å²) in [6, 6.07) is 10.1. The van der Waals surface area contributed by atoms with Crippen LogP contribution in [-0.2, 0) is 17.9 Å². The summed E-state index contributed by atoms with van der Waals surface area (Å²) in [5, 5.41) is 3.56. The standard InChI is InChI=1S/C18H23N5O3/c1-2-14-11-22(12-15-20-18(17(19)25)21-26-15)9-8-16(24)23(14)10-13-6-4-3-5-7-13/h3-7,14H,2,8-12H2,1H3,(H2,19,25)/t14-/m0/s1. The fourth-order valence-corrected chi connectivity index (χ4v) is 3.19. The van der Waals surface area contributed by atoms with E-state index in [1.54, 1.807) is 0 Å². The number of nitrogens with two attached hydrogens (primary N) is 1. The minimum atomic E-state index is -0.716. The topological polar surface area (TPSA) is 106 Å². The van der Waals surface area contributed by atoms with Crippen molar-refractivity contribution in [3.05, 3.63) is 47.6 Å². The first kappa shape index (κ1) is 18.1. The van der Waals surface area contributed by atoms with Gasteiger partial charge in [0, 0.05) is 32.1 Å². The van der Waals surface area contributed by atoms with E-state index in [9.17, 15) is 9.59 Å².